The van der Waals surface area contributed by atoms with Gasteiger partial charge in [-0.25, -0.2) is 8.42 Å². The number of anilines is 1. The highest BCUT2D eigenvalue weighted by atomic mass is 32.2. The number of benzene rings is 1. The van der Waals surface area contributed by atoms with Crippen molar-refractivity contribution in [1.29, 1.82) is 0 Å². The van der Waals surface area contributed by atoms with Gasteiger partial charge in [0.25, 0.3) is 0 Å². The van der Waals surface area contributed by atoms with Gasteiger partial charge in [-0.3, -0.25) is 0 Å². The van der Waals surface area contributed by atoms with E-state index in [4.69, 9.17) is 5.73 Å². The maximum Gasteiger partial charge on any atom is 0.177 e. The summed E-state index contributed by atoms with van der Waals surface area (Å²) in [6.45, 7) is 1.82. The van der Waals surface area contributed by atoms with Crippen LogP contribution in [0, 0.1) is 11.8 Å². The predicted molar refractivity (Wildman–Crippen MR) is 76.0 cm³/mol. The van der Waals surface area contributed by atoms with E-state index in [2.05, 4.69) is 4.90 Å². The summed E-state index contributed by atoms with van der Waals surface area (Å²) in [4.78, 5) is 2.63. The van der Waals surface area contributed by atoms with Gasteiger partial charge < -0.3 is 10.6 Å². The van der Waals surface area contributed by atoms with Crippen LogP contribution >= 0.6 is 0 Å². The van der Waals surface area contributed by atoms with Crippen molar-refractivity contribution in [2.45, 2.75) is 23.8 Å². The SMILES string of the molecule is CS(=O)(=O)c1ccccc1N1CC2CCC(N)C2C1. The summed E-state index contributed by atoms with van der Waals surface area (Å²) in [5.41, 5.74) is 6.98. The Balaban J connectivity index is 1.93. The van der Waals surface area contributed by atoms with Crippen LogP contribution in [-0.4, -0.2) is 33.8 Å². The Morgan fingerprint density at radius 1 is 1.21 bits per heavy atom. The van der Waals surface area contributed by atoms with E-state index in [9.17, 15) is 8.42 Å². The molecule has 4 nitrogen and oxygen atoms in total. The van der Waals surface area contributed by atoms with E-state index in [1.807, 2.05) is 12.1 Å². The molecule has 2 aliphatic rings. The Kier molecular flexibility index (Phi) is 3.06. The van der Waals surface area contributed by atoms with Crippen LogP contribution in [0.4, 0.5) is 5.69 Å². The lowest BCUT2D eigenvalue weighted by Gasteiger charge is -2.23. The van der Waals surface area contributed by atoms with Crippen molar-refractivity contribution in [3.63, 3.8) is 0 Å². The summed E-state index contributed by atoms with van der Waals surface area (Å²) in [6, 6.07) is 7.56. The van der Waals surface area contributed by atoms with Crippen molar-refractivity contribution in [3.05, 3.63) is 24.3 Å². The molecule has 3 rings (SSSR count). The molecule has 3 atom stereocenters. The van der Waals surface area contributed by atoms with E-state index in [-0.39, 0.29) is 6.04 Å². The highest BCUT2D eigenvalue weighted by Crippen LogP contribution is 2.40. The molecule has 1 aliphatic carbocycles. The zero-order chi connectivity index (χ0) is 13.6. The smallest absolute Gasteiger partial charge is 0.177 e. The molecule has 1 aliphatic heterocycles. The molecule has 1 saturated carbocycles. The molecule has 0 amide bonds. The highest BCUT2D eigenvalue weighted by molar-refractivity contribution is 7.90. The number of sulfone groups is 1. The topological polar surface area (TPSA) is 63.4 Å². The molecule has 1 aromatic rings. The van der Waals surface area contributed by atoms with Crippen LogP contribution in [0.1, 0.15) is 12.8 Å². The first kappa shape index (κ1) is 12.9. The predicted octanol–water partition coefficient (Wildman–Crippen LogP) is 1.26. The van der Waals surface area contributed by atoms with Crippen molar-refractivity contribution in [1.82, 2.24) is 0 Å². The number of rotatable bonds is 2. The quantitative estimate of drug-likeness (QED) is 0.886. The molecule has 2 fully saturated rings. The monoisotopic (exact) mass is 280 g/mol. The largest absolute Gasteiger partial charge is 0.370 e. The first-order valence-electron chi connectivity index (χ1n) is 6.76. The number of para-hydroxylation sites is 1. The second kappa shape index (κ2) is 4.49. The molecule has 1 saturated heterocycles. The molecular weight excluding hydrogens is 260 g/mol. The van der Waals surface area contributed by atoms with Crippen LogP contribution < -0.4 is 10.6 Å². The minimum absolute atomic E-state index is 0.278. The highest BCUT2D eigenvalue weighted by Gasteiger charge is 2.41. The third-order valence-corrected chi connectivity index (χ3v) is 5.66. The van der Waals surface area contributed by atoms with Gasteiger partial charge in [-0.1, -0.05) is 12.1 Å². The molecule has 1 aromatic carbocycles. The van der Waals surface area contributed by atoms with Crippen molar-refractivity contribution < 1.29 is 8.42 Å². The normalized spacial score (nSPS) is 30.6. The van der Waals surface area contributed by atoms with Gasteiger partial charge in [-0.05, 0) is 36.8 Å². The first-order chi connectivity index (χ1) is 8.97. The third kappa shape index (κ3) is 2.25. The molecule has 2 N–H and O–H groups in total. The fraction of sp³-hybridized carbons (Fsp3) is 0.571. The van der Waals surface area contributed by atoms with Crippen LogP contribution in [0.25, 0.3) is 0 Å². The minimum atomic E-state index is -3.18. The van der Waals surface area contributed by atoms with Crippen LogP contribution in [0.5, 0.6) is 0 Å². The summed E-state index contributed by atoms with van der Waals surface area (Å²) in [5, 5.41) is 0. The van der Waals surface area contributed by atoms with Crippen LogP contribution in [0.15, 0.2) is 29.2 Å². The van der Waals surface area contributed by atoms with Gasteiger partial charge in [0, 0.05) is 25.4 Å². The zero-order valence-corrected chi connectivity index (χ0v) is 11.9. The number of fused-ring (bicyclic) bond motifs is 1. The molecule has 104 valence electrons. The van der Waals surface area contributed by atoms with Crippen LogP contribution in [0.3, 0.4) is 0 Å². The van der Waals surface area contributed by atoms with Gasteiger partial charge in [0.2, 0.25) is 0 Å². The maximum absolute atomic E-state index is 11.9. The standard InChI is InChI=1S/C14H20N2O2S/c1-19(17,18)14-5-3-2-4-13(14)16-8-10-6-7-12(15)11(10)9-16/h2-5,10-12H,6-9,15H2,1H3. The molecule has 0 bridgehead atoms. The Labute approximate surface area is 114 Å². The first-order valence-corrected chi connectivity index (χ1v) is 8.65. The zero-order valence-electron chi connectivity index (χ0n) is 11.1. The minimum Gasteiger partial charge on any atom is -0.370 e. The Morgan fingerprint density at radius 2 is 1.95 bits per heavy atom. The van der Waals surface area contributed by atoms with Crippen molar-refractivity contribution in [2.24, 2.45) is 17.6 Å². The fourth-order valence-corrected chi connectivity index (χ4v) is 4.44. The van der Waals surface area contributed by atoms with E-state index in [0.717, 1.165) is 25.2 Å². The van der Waals surface area contributed by atoms with Crippen molar-refractivity contribution in [3.8, 4) is 0 Å². The summed E-state index contributed by atoms with van der Waals surface area (Å²) in [5.74, 6) is 1.15. The molecular formula is C14H20N2O2S. The van der Waals surface area contributed by atoms with Crippen LogP contribution in [-0.2, 0) is 9.84 Å². The lowest BCUT2D eigenvalue weighted by Crippen LogP contribution is -2.30. The van der Waals surface area contributed by atoms with Crippen molar-refractivity contribution in [2.75, 3.05) is 24.2 Å². The average molecular weight is 280 g/mol. The Hall–Kier alpha value is -1.07. The van der Waals surface area contributed by atoms with Gasteiger partial charge in [0.1, 0.15) is 0 Å². The summed E-state index contributed by atoms with van der Waals surface area (Å²) < 4.78 is 23.7. The Morgan fingerprint density at radius 3 is 2.63 bits per heavy atom. The summed E-state index contributed by atoms with van der Waals surface area (Å²) >= 11 is 0. The molecule has 1 heterocycles. The fourth-order valence-electron chi connectivity index (χ4n) is 3.54. The van der Waals surface area contributed by atoms with Gasteiger partial charge in [0.15, 0.2) is 9.84 Å². The molecule has 5 heteroatoms. The number of hydrogen-bond donors (Lipinski definition) is 1. The summed E-state index contributed by atoms with van der Waals surface area (Å²) in [6.07, 6.45) is 3.55. The lowest BCUT2D eigenvalue weighted by atomic mass is 9.98. The maximum atomic E-state index is 11.9. The summed E-state index contributed by atoms with van der Waals surface area (Å²) in [7, 11) is -3.18. The van der Waals surface area contributed by atoms with E-state index >= 15 is 0 Å². The van der Waals surface area contributed by atoms with Gasteiger partial charge in [-0.2, -0.15) is 0 Å². The average Bonchev–Trinajstić information content (AvgIpc) is 2.91. The van der Waals surface area contributed by atoms with E-state index in [1.165, 1.54) is 12.7 Å². The number of nitrogens with two attached hydrogens (primary N) is 1. The van der Waals surface area contributed by atoms with E-state index in [1.54, 1.807) is 12.1 Å². The van der Waals surface area contributed by atoms with Crippen LogP contribution in [0.2, 0.25) is 0 Å². The van der Waals surface area contributed by atoms with Gasteiger partial charge >= 0.3 is 0 Å². The second-order valence-electron chi connectivity index (χ2n) is 5.81. The van der Waals surface area contributed by atoms with E-state index in [0.29, 0.717) is 16.7 Å². The van der Waals surface area contributed by atoms with Gasteiger partial charge in [0.05, 0.1) is 10.6 Å². The number of hydrogen-bond acceptors (Lipinski definition) is 4. The molecule has 0 spiro atoms. The second-order valence-corrected chi connectivity index (χ2v) is 7.79. The van der Waals surface area contributed by atoms with Crippen molar-refractivity contribution >= 4 is 15.5 Å². The molecule has 0 aromatic heterocycles. The van der Waals surface area contributed by atoms with E-state index < -0.39 is 9.84 Å². The lowest BCUT2D eigenvalue weighted by molar-refractivity contribution is 0.453. The number of nitrogens with zero attached hydrogens (tertiary/aromatic N) is 1. The third-order valence-electron chi connectivity index (χ3n) is 4.52. The molecule has 0 radical (unpaired) electrons. The Bertz CT molecular complexity index is 585. The molecule has 19 heavy (non-hydrogen) atoms. The van der Waals surface area contributed by atoms with Gasteiger partial charge in [-0.15, -0.1) is 0 Å². The molecule has 3 unspecified atom stereocenters.